The molecular weight excluding hydrogens is 512 g/mol. The number of amides is 4. The Kier molecular flexibility index (Phi) is 12.7. The number of likely N-dealkylation sites (N-methyl/N-ethyl adjacent to an activating group) is 1. The van der Waals surface area contributed by atoms with Crippen LogP contribution in [-0.4, -0.2) is 71.8 Å². The molecule has 2 atom stereocenters. The number of benzene rings is 2. The number of piperazine rings is 1. The molecule has 0 saturated carbocycles. The summed E-state index contributed by atoms with van der Waals surface area (Å²) in [6.07, 6.45) is 9.42. The Morgan fingerprint density at radius 2 is 1.54 bits per heavy atom. The third kappa shape index (κ3) is 8.82. The highest BCUT2D eigenvalue weighted by atomic mass is 16.2. The van der Waals surface area contributed by atoms with Gasteiger partial charge in [0.2, 0.25) is 11.8 Å². The number of carbonyl (C=O) groups is 3. The van der Waals surface area contributed by atoms with Crippen molar-refractivity contribution < 1.29 is 14.4 Å². The minimum Gasteiger partial charge on any atom is -0.341 e. The van der Waals surface area contributed by atoms with Crippen LogP contribution in [0.4, 0.5) is 4.79 Å². The van der Waals surface area contributed by atoms with Crippen molar-refractivity contribution in [1.29, 1.82) is 0 Å². The second kappa shape index (κ2) is 16.2. The third-order valence-corrected chi connectivity index (χ3v) is 8.26. The van der Waals surface area contributed by atoms with Gasteiger partial charge in [0.05, 0.1) is 0 Å². The fourth-order valence-corrected chi connectivity index (χ4v) is 5.61. The smallest absolute Gasteiger partial charge is 0.317 e. The van der Waals surface area contributed by atoms with Crippen molar-refractivity contribution in [2.45, 2.75) is 97.2 Å². The van der Waals surface area contributed by atoms with E-state index < -0.39 is 12.1 Å². The Morgan fingerprint density at radius 3 is 2.22 bits per heavy atom. The maximum atomic E-state index is 13.5. The molecule has 0 unspecified atom stereocenters. The van der Waals surface area contributed by atoms with Crippen molar-refractivity contribution in [2.24, 2.45) is 0 Å². The van der Waals surface area contributed by atoms with Gasteiger partial charge in [0.25, 0.3) is 0 Å². The van der Waals surface area contributed by atoms with Crippen LogP contribution in [0.1, 0.15) is 83.3 Å². The Hall–Kier alpha value is -3.35. The molecule has 7 nitrogen and oxygen atoms in total. The lowest BCUT2D eigenvalue weighted by Gasteiger charge is -2.42. The number of unbranched alkanes of at least 4 members (excludes halogenated alkanes) is 6. The molecular formula is C34H50N4O3. The quantitative estimate of drug-likeness (QED) is 0.261. The van der Waals surface area contributed by atoms with E-state index in [0.717, 1.165) is 54.5 Å². The molecule has 0 radical (unpaired) electrons. The normalized spacial score (nSPS) is 17.2. The fourth-order valence-electron chi connectivity index (χ4n) is 5.61. The Balaban J connectivity index is 1.66. The van der Waals surface area contributed by atoms with Gasteiger partial charge in [-0.2, -0.15) is 0 Å². The van der Waals surface area contributed by atoms with E-state index in [1.807, 2.05) is 17.9 Å². The van der Waals surface area contributed by atoms with E-state index in [1.54, 1.807) is 23.9 Å². The zero-order valence-corrected chi connectivity index (χ0v) is 25.8. The van der Waals surface area contributed by atoms with Crippen molar-refractivity contribution in [2.75, 3.05) is 27.2 Å². The van der Waals surface area contributed by atoms with Gasteiger partial charge < -0.3 is 20.0 Å². The van der Waals surface area contributed by atoms with Gasteiger partial charge in [-0.3, -0.25) is 9.59 Å². The van der Waals surface area contributed by atoms with Gasteiger partial charge in [0.1, 0.15) is 12.1 Å². The molecule has 0 aliphatic carbocycles. The summed E-state index contributed by atoms with van der Waals surface area (Å²) in [5, 5.41) is 2.75. The number of nitrogens with zero attached hydrogens (tertiary/aromatic N) is 3. The molecule has 41 heavy (non-hydrogen) atoms. The number of nitrogens with one attached hydrogen (secondary N) is 1. The van der Waals surface area contributed by atoms with Gasteiger partial charge in [0, 0.05) is 40.2 Å². The summed E-state index contributed by atoms with van der Waals surface area (Å²) in [5.74, 6) is 0.0624. The molecule has 7 heteroatoms. The Bertz CT molecular complexity index is 1130. The maximum Gasteiger partial charge on any atom is 0.317 e. The molecule has 0 aromatic heterocycles. The van der Waals surface area contributed by atoms with Crippen LogP contribution in [0.25, 0.3) is 11.1 Å². The van der Waals surface area contributed by atoms with Crippen LogP contribution >= 0.6 is 0 Å². The SMILES string of the molecule is CCCCCCCCN1C(=O)[C@@H](Cc2ccc(-c3cccc(CN(CCCC)C(=O)NC)c3)cc2)N(C)C(=O)[C@H]1C. The number of hydrogen-bond acceptors (Lipinski definition) is 3. The van der Waals surface area contributed by atoms with E-state index in [0.29, 0.717) is 19.5 Å². The highest BCUT2D eigenvalue weighted by Gasteiger charge is 2.41. The van der Waals surface area contributed by atoms with Crippen LogP contribution in [0.15, 0.2) is 48.5 Å². The number of rotatable bonds is 15. The molecule has 1 N–H and O–H groups in total. The number of carbonyl (C=O) groups excluding carboxylic acids is 3. The molecule has 1 fully saturated rings. The van der Waals surface area contributed by atoms with Crippen molar-refractivity contribution >= 4 is 17.8 Å². The van der Waals surface area contributed by atoms with Crippen molar-refractivity contribution in [3.63, 3.8) is 0 Å². The van der Waals surface area contributed by atoms with Gasteiger partial charge in [-0.05, 0) is 48.1 Å². The summed E-state index contributed by atoms with van der Waals surface area (Å²) >= 11 is 0. The minimum absolute atomic E-state index is 0.0127. The van der Waals surface area contributed by atoms with Crippen molar-refractivity contribution in [3.8, 4) is 11.1 Å². The molecule has 1 saturated heterocycles. The zero-order valence-electron chi connectivity index (χ0n) is 25.8. The molecule has 0 spiro atoms. The molecule has 1 heterocycles. The van der Waals surface area contributed by atoms with E-state index in [9.17, 15) is 14.4 Å². The van der Waals surface area contributed by atoms with Gasteiger partial charge in [-0.25, -0.2) is 4.79 Å². The number of urea groups is 1. The second-order valence-corrected chi connectivity index (χ2v) is 11.4. The van der Waals surface area contributed by atoms with E-state index in [-0.39, 0.29) is 17.8 Å². The van der Waals surface area contributed by atoms with E-state index in [2.05, 4.69) is 61.6 Å². The highest BCUT2D eigenvalue weighted by molar-refractivity contribution is 5.96. The largest absolute Gasteiger partial charge is 0.341 e. The van der Waals surface area contributed by atoms with E-state index >= 15 is 0 Å². The fraction of sp³-hybridized carbons (Fsp3) is 0.559. The van der Waals surface area contributed by atoms with Crippen LogP contribution in [0.3, 0.4) is 0 Å². The molecule has 4 amide bonds. The zero-order chi connectivity index (χ0) is 29.8. The van der Waals surface area contributed by atoms with E-state index in [4.69, 9.17) is 0 Å². The summed E-state index contributed by atoms with van der Waals surface area (Å²) < 4.78 is 0. The van der Waals surface area contributed by atoms with Crippen LogP contribution in [0.2, 0.25) is 0 Å². The molecule has 224 valence electrons. The minimum atomic E-state index is -0.480. The lowest BCUT2D eigenvalue weighted by atomic mass is 9.96. The monoisotopic (exact) mass is 562 g/mol. The van der Waals surface area contributed by atoms with Gasteiger partial charge >= 0.3 is 6.03 Å². The average molecular weight is 563 g/mol. The molecule has 3 rings (SSSR count). The van der Waals surface area contributed by atoms with Crippen molar-refractivity contribution in [3.05, 3.63) is 59.7 Å². The Labute approximate surface area is 247 Å². The lowest BCUT2D eigenvalue weighted by molar-refractivity contribution is -0.159. The highest BCUT2D eigenvalue weighted by Crippen LogP contribution is 2.25. The van der Waals surface area contributed by atoms with Crippen LogP contribution in [-0.2, 0) is 22.6 Å². The van der Waals surface area contributed by atoms with Crippen molar-refractivity contribution in [1.82, 2.24) is 20.0 Å². The predicted octanol–water partition coefficient (Wildman–Crippen LogP) is 6.26. The summed E-state index contributed by atoms with van der Waals surface area (Å²) in [6.45, 7) is 8.11. The molecule has 2 aromatic rings. The molecule has 2 aromatic carbocycles. The first-order valence-corrected chi connectivity index (χ1v) is 15.5. The molecule has 1 aliphatic heterocycles. The van der Waals surface area contributed by atoms with Gasteiger partial charge in [0.15, 0.2) is 0 Å². The standard InChI is InChI=1S/C34H50N4O3/c1-6-8-10-11-12-13-22-38-26(3)32(39)36(5)31(33(38)40)24-27-17-19-29(20-18-27)30-16-14-15-28(23-30)25-37(21-9-7-2)34(41)35-4/h14-20,23,26,31H,6-13,21-22,24-25H2,1-5H3,(H,35,41)/t26-,31-/m1/s1. The molecule has 1 aliphatic rings. The summed E-state index contributed by atoms with van der Waals surface area (Å²) in [6, 6.07) is 15.6. The topological polar surface area (TPSA) is 73.0 Å². The number of hydrogen-bond donors (Lipinski definition) is 1. The van der Waals surface area contributed by atoms with Gasteiger partial charge in [-0.1, -0.05) is 94.8 Å². The summed E-state index contributed by atoms with van der Waals surface area (Å²) in [7, 11) is 3.42. The Morgan fingerprint density at radius 1 is 0.854 bits per heavy atom. The van der Waals surface area contributed by atoms with Crippen LogP contribution in [0, 0.1) is 0 Å². The van der Waals surface area contributed by atoms with Crippen LogP contribution in [0.5, 0.6) is 0 Å². The predicted molar refractivity (Wildman–Crippen MR) is 166 cm³/mol. The molecule has 0 bridgehead atoms. The lowest BCUT2D eigenvalue weighted by Crippen LogP contribution is -2.63. The maximum absolute atomic E-state index is 13.5. The first-order chi connectivity index (χ1) is 19.8. The average Bonchev–Trinajstić information content (AvgIpc) is 2.99. The summed E-state index contributed by atoms with van der Waals surface area (Å²) in [4.78, 5) is 44.2. The van der Waals surface area contributed by atoms with Gasteiger partial charge in [-0.15, -0.1) is 0 Å². The third-order valence-electron chi connectivity index (χ3n) is 8.26. The van der Waals surface area contributed by atoms with Crippen LogP contribution < -0.4 is 5.32 Å². The van der Waals surface area contributed by atoms with E-state index in [1.165, 1.54) is 25.7 Å². The summed E-state index contributed by atoms with van der Waals surface area (Å²) in [5.41, 5.74) is 4.27. The first-order valence-electron chi connectivity index (χ1n) is 15.5. The second-order valence-electron chi connectivity index (χ2n) is 11.4. The first kappa shape index (κ1) is 32.2.